The fourth-order valence-electron chi connectivity index (χ4n) is 2.44. The second kappa shape index (κ2) is 7.55. The van der Waals surface area contributed by atoms with Gasteiger partial charge in [0.1, 0.15) is 11.4 Å². The molecule has 132 valence electrons. The van der Waals surface area contributed by atoms with Crippen LogP contribution in [0, 0.1) is 0 Å². The summed E-state index contributed by atoms with van der Waals surface area (Å²) in [4.78, 5) is 25.1. The Labute approximate surface area is 142 Å². The SMILES string of the molecule is CCOC(=O)COc1ccccc1C1CN(C(=O)OC(C)(C)C)C1. The third-order valence-electron chi connectivity index (χ3n) is 3.54. The van der Waals surface area contributed by atoms with Gasteiger partial charge in [0.2, 0.25) is 0 Å². The molecule has 0 radical (unpaired) electrons. The Kier molecular flexibility index (Phi) is 5.70. The number of ether oxygens (including phenoxy) is 3. The molecule has 1 amide bonds. The van der Waals surface area contributed by atoms with E-state index in [0.29, 0.717) is 25.4 Å². The van der Waals surface area contributed by atoms with E-state index in [4.69, 9.17) is 14.2 Å². The van der Waals surface area contributed by atoms with Crippen LogP contribution in [0.2, 0.25) is 0 Å². The molecule has 0 aromatic heterocycles. The van der Waals surface area contributed by atoms with Crippen LogP contribution in [-0.2, 0) is 14.3 Å². The zero-order chi connectivity index (χ0) is 17.7. The number of para-hydroxylation sites is 1. The summed E-state index contributed by atoms with van der Waals surface area (Å²) in [5.74, 6) is 0.437. The Morgan fingerprint density at radius 1 is 1.21 bits per heavy atom. The normalized spacial score (nSPS) is 14.8. The molecule has 6 heteroatoms. The molecule has 6 nitrogen and oxygen atoms in total. The van der Waals surface area contributed by atoms with E-state index in [9.17, 15) is 9.59 Å². The van der Waals surface area contributed by atoms with Crippen molar-refractivity contribution in [2.24, 2.45) is 0 Å². The van der Waals surface area contributed by atoms with Gasteiger partial charge >= 0.3 is 12.1 Å². The molecule has 0 unspecified atom stereocenters. The molecule has 0 bridgehead atoms. The first-order chi connectivity index (χ1) is 11.3. The summed E-state index contributed by atoms with van der Waals surface area (Å²) in [6.07, 6.45) is -0.302. The van der Waals surface area contributed by atoms with Crippen molar-refractivity contribution in [3.63, 3.8) is 0 Å². The lowest BCUT2D eigenvalue weighted by Gasteiger charge is -2.40. The maximum absolute atomic E-state index is 12.0. The molecular weight excluding hydrogens is 310 g/mol. The molecule has 2 rings (SSSR count). The lowest BCUT2D eigenvalue weighted by Crippen LogP contribution is -2.50. The summed E-state index contributed by atoms with van der Waals surface area (Å²) in [6.45, 7) is 8.67. The quantitative estimate of drug-likeness (QED) is 0.774. The Balaban J connectivity index is 1.92. The second-order valence-corrected chi connectivity index (χ2v) is 6.71. The van der Waals surface area contributed by atoms with Gasteiger partial charge in [-0.2, -0.15) is 0 Å². The number of hydrogen-bond acceptors (Lipinski definition) is 5. The van der Waals surface area contributed by atoms with Crippen molar-refractivity contribution in [2.75, 3.05) is 26.3 Å². The van der Waals surface area contributed by atoms with Crippen molar-refractivity contribution in [3.8, 4) is 5.75 Å². The number of likely N-dealkylation sites (tertiary alicyclic amines) is 1. The van der Waals surface area contributed by atoms with Crippen LogP contribution in [0.4, 0.5) is 4.79 Å². The topological polar surface area (TPSA) is 65.1 Å². The molecule has 0 aliphatic carbocycles. The van der Waals surface area contributed by atoms with Gasteiger partial charge in [-0.05, 0) is 33.8 Å². The number of esters is 1. The van der Waals surface area contributed by atoms with Crippen LogP contribution in [0.3, 0.4) is 0 Å². The van der Waals surface area contributed by atoms with Gasteiger partial charge in [0, 0.05) is 24.6 Å². The van der Waals surface area contributed by atoms with E-state index < -0.39 is 11.6 Å². The predicted octanol–water partition coefficient (Wildman–Crippen LogP) is 2.96. The van der Waals surface area contributed by atoms with Crippen molar-refractivity contribution in [2.45, 2.75) is 39.2 Å². The maximum atomic E-state index is 12.0. The molecule has 1 saturated heterocycles. The smallest absolute Gasteiger partial charge is 0.410 e. The summed E-state index contributed by atoms with van der Waals surface area (Å²) in [5, 5.41) is 0. The summed E-state index contributed by atoms with van der Waals surface area (Å²) >= 11 is 0. The fraction of sp³-hybridized carbons (Fsp3) is 0.556. The summed E-state index contributed by atoms with van der Waals surface area (Å²) in [7, 11) is 0. The molecule has 1 aromatic rings. The van der Waals surface area contributed by atoms with E-state index in [2.05, 4.69) is 0 Å². The molecule has 0 atom stereocenters. The monoisotopic (exact) mass is 335 g/mol. The zero-order valence-corrected chi connectivity index (χ0v) is 14.7. The van der Waals surface area contributed by atoms with E-state index in [-0.39, 0.29) is 18.6 Å². The van der Waals surface area contributed by atoms with Crippen LogP contribution in [0.5, 0.6) is 5.75 Å². The van der Waals surface area contributed by atoms with Gasteiger partial charge < -0.3 is 19.1 Å². The highest BCUT2D eigenvalue weighted by Crippen LogP contribution is 2.34. The molecule has 1 aromatic carbocycles. The van der Waals surface area contributed by atoms with E-state index in [1.807, 2.05) is 45.0 Å². The van der Waals surface area contributed by atoms with E-state index in [1.54, 1.807) is 11.8 Å². The van der Waals surface area contributed by atoms with Crippen molar-refractivity contribution < 1.29 is 23.8 Å². The molecule has 1 heterocycles. The van der Waals surface area contributed by atoms with Crippen LogP contribution in [-0.4, -0.2) is 48.9 Å². The van der Waals surface area contributed by atoms with E-state index >= 15 is 0 Å². The van der Waals surface area contributed by atoms with Gasteiger partial charge in [-0.3, -0.25) is 0 Å². The first kappa shape index (κ1) is 18.1. The van der Waals surface area contributed by atoms with Crippen LogP contribution in [0.1, 0.15) is 39.2 Å². The molecule has 1 aliphatic rings. The highest BCUT2D eigenvalue weighted by atomic mass is 16.6. The van der Waals surface area contributed by atoms with Crippen molar-refractivity contribution >= 4 is 12.1 Å². The Bertz CT molecular complexity index is 587. The fourth-order valence-corrected chi connectivity index (χ4v) is 2.44. The standard InChI is InChI=1S/C18H25NO5/c1-5-22-16(20)12-23-15-9-7-6-8-14(15)13-10-19(11-13)17(21)24-18(2,3)4/h6-9,13H,5,10-12H2,1-4H3. The highest BCUT2D eigenvalue weighted by molar-refractivity contribution is 5.71. The summed E-state index contributed by atoms with van der Waals surface area (Å²) < 4.78 is 15.8. The average Bonchev–Trinajstić information content (AvgIpc) is 2.43. The minimum Gasteiger partial charge on any atom is -0.482 e. The van der Waals surface area contributed by atoms with Gasteiger partial charge in [0.25, 0.3) is 0 Å². The van der Waals surface area contributed by atoms with Gasteiger partial charge in [-0.1, -0.05) is 18.2 Å². The number of hydrogen-bond donors (Lipinski definition) is 0. The molecule has 24 heavy (non-hydrogen) atoms. The van der Waals surface area contributed by atoms with E-state index in [1.165, 1.54) is 0 Å². The number of carbonyl (C=O) groups is 2. The molecular formula is C18H25NO5. The first-order valence-electron chi connectivity index (χ1n) is 8.15. The predicted molar refractivity (Wildman–Crippen MR) is 89.1 cm³/mol. The highest BCUT2D eigenvalue weighted by Gasteiger charge is 2.35. The Morgan fingerprint density at radius 3 is 2.50 bits per heavy atom. The number of nitrogens with zero attached hydrogens (tertiary/aromatic N) is 1. The Hall–Kier alpha value is -2.24. The van der Waals surface area contributed by atoms with Crippen LogP contribution in [0.25, 0.3) is 0 Å². The number of benzene rings is 1. The minimum absolute atomic E-state index is 0.118. The van der Waals surface area contributed by atoms with E-state index in [0.717, 1.165) is 5.56 Å². The van der Waals surface area contributed by atoms with Crippen molar-refractivity contribution in [3.05, 3.63) is 29.8 Å². The maximum Gasteiger partial charge on any atom is 0.410 e. The average molecular weight is 335 g/mol. The molecule has 1 aliphatic heterocycles. The second-order valence-electron chi connectivity index (χ2n) is 6.71. The lowest BCUT2D eigenvalue weighted by atomic mass is 9.91. The molecule has 0 N–H and O–H groups in total. The van der Waals surface area contributed by atoms with Gasteiger partial charge in [-0.15, -0.1) is 0 Å². The third-order valence-corrected chi connectivity index (χ3v) is 3.54. The lowest BCUT2D eigenvalue weighted by molar-refractivity contribution is -0.145. The minimum atomic E-state index is -0.497. The summed E-state index contributed by atoms with van der Waals surface area (Å²) in [6, 6.07) is 7.55. The van der Waals surface area contributed by atoms with Crippen molar-refractivity contribution in [1.29, 1.82) is 0 Å². The first-order valence-corrected chi connectivity index (χ1v) is 8.15. The molecule has 0 spiro atoms. The largest absolute Gasteiger partial charge is 0.482 e. The van der Waals surface area contributed by atoms with Gasteiger partial charge in [0.15, 0.2) is 6.61 Å². The van der Waals surface area contributed by atoms with Crippen LogP contribution < -0.4 is 4.74 Å². The summed E-state index contributed by atoms with van der Waals surface area (Å²) in [5.41, 5.74) is 0.490. The number of amides is 1. The number of carbonyl (C=O) groups excluding carboxylic acids is 2. The molecule has 0 saturated carbocycles. The van der Waals surface area contributed by atoms with Crippen molar-refractivity contribution in [1.82, 2.24) is 4.90 Å². The van der Waals surface area contributed by atoms with Gasteiger partial charge in [-0.25, -0.2) is 9.59 Å². The molecule has 1 fully saturated rings. The van der Waals surface area contributed by atoms with Gasteiger partial charge in [0.05, 0.1) is 6.61 Å². The zero-order valence-electron chi connectivity index (χ0n) is 14.7. The Morgan fingerprint density at radius 2 is 1.88 bits per heavy atom. The van der Waals surface area contributed by atoms with Crippen LogP contribution in [0.15, 0.2) is 24.3 Å². The van der Waals surface area contributed by atoms with Crippen LogP contribution >= 0.6 is 0 Å². The number of rotatable bonds is 5. The third kappa shape index (κ3) is 4.88.